The minimum atomic E-state index is -0.768. The first-order chi connectivity index (χ1) is 9.50. The van der Waals surface area contributed by atoms with Crippen molar-refractivity contribution in [2.45, 2.75) is 52.9 Å². The van der Waals surface area contributed by atoms with Gasteiger partial charge in [-0.15, -0.1) is 0 Å². The standard InChI is InChI=1S/C15H28N2O3/c1-4-9-16(10-5-2)14(20)17-11-7-8-15(6-3,12-17)13(18)19/h4-12H2,1-3H3,(H,18,19). The molecule has 0 aliphatic carbocycles. The summed E-state index contributed by atoms with van der Waals surface area (Å²) in [7, 11) is 0. The predicted molar refractivity (Wildman–Crippen MR) is 78.7 cm³/mol. The first-order valence-corrected chi connectivity index (χ1v) is 7.78. The molecule has 0 spiro atoms. The van der Waals surface area contributed by atoms with E-state index >= 15 is 0 Å². The van der Waals surface area contributed by atoms with E-state index in [1.807, 2.05) is 11.8 Å². The molecule has 1 unspecified atom stereocenters. The minimum Gasteiger partial charge on any atom is -0.481 e. The molecular formula is C15H28N2O3. The minimum absolute atomic E-state index is 0.00692. The van der Waals surface area contributed by atoms with Crippen LogP contribution in [0.2, 0.25) is 0 Å². The van der Waals surface area contributed by atoms with Crippen molar-refractivity contribution in [3.63, 3.8) is 0 Å². The summed E-state index contributed by atoms with van der Waals surface area (Å²) in [6.45, 7) is 8.53. The fourth-order valence-electron chi connectivity index (χ4n) is 2.95. The van der Waals surface area contributed by atoms with Crippen molar-refractivity contribution in [3.8, 4) is 0 Å². The molecule has 1 saturated heterocycles. The lowest BCUT2D eigenvalue weighted by Gasteiger charge is -2.41. The van der Waals surface area contributed by atoms with E-state index in [9.17, 15) is 14.7 Å². The van der Waals surface area contributed by atoms with Crippen molar-refractivity contribution in [1.29, 1.82) is 0 Å². The maximum Gasteiger partial charge on any atom is 0.320 e. The zero-order valence-electron chi connectivity index (χ0n) is 13.0. The summed E-state index contributed by atoms with van der Waals surface area (Å²) in [5.41, 5.74) is -0.752. The highest BCUT2D eigenvalue weighted by molar-refractivity contribution is 5.78. The fraction of sp³-hybridized carbons (Fsp3) is 0.867. The molecule has 5 heteroatoms. The monoisotopic (exact) mass is 284 g/mol. The Morgan fingerprint density at radius 2 is 1.80 bits per heavy atom. The molecule has 1 aliphatic rings. The Morgan fingerprint density at radius 3 is 2.25 bits per heavy atom. The summed E-state index contributed by atoms with van der Waals surface area (Å²) in [6.07, 6.45) is 3.88. The number of likely N-dealkylation sites (tertiary alicyclic amines) is 1. The molecule has 20 heavy (non-hydrogen) atoms. The van der Waals surface area contributed by atoms with Crippen LogP contribution in [0.3, 0.4) is 0 Å². The number of hydrogen-bond acceptors (Lipinski definition) is 2. The van der Waals surface area contributed by atoms with Crippen LogP contribution in [-0.2, 0) is 4.79 Å². The quantitative estimate of drug-likeness (QED) is 0.816. The molecule has 0 radical (unpaired) electrons. The van der Waals surface area contributed by atoms with Gasteiger partial charge in [-0.2, -0.15) is 0 Å². The zero-order valence-corrected chi connectivity index (χ0v) is 13.0. The molecule has 1 rings (SSSR count). The van der Waals surface area contributed by atoms with Gasteiger partial charge in [-0.05, 0) is 32.1 Å². The van der Waals surface area contributed by atoms with E-state index in [-0.39, 0.29) is 6.03 Å². The molecule has 1 fully saturated rings. The zero-order chi connectivity index (χ0) is 15.2. The van der Waals surface area contributed by atoms with Gasteiger partial charge in [-0.25, -0.2) is 4.79 Å². The van der Waals surface area contributed by atoms with Gasteiger partial charge in [0.25, 0.3) is 0 Å². The van der Waals surface area contributed by atoms with Crippen LogP contribution >= 0.6 is 0 Å². The lowest BCUT2D eigenvalue weighted by Crippen LogP contribution is -2.53. The van der Waals surface area contributed by atoms with E-state index in [1.54, 1.807) is 4.90 Å². The van der Waals surface area contributed by atoms with Crippen molar-refractivity contribution >= 4 is 12.0 Å². The molecule has 116 valence electrons. The lowest BCUT2D eigenvalue weighted by molar-refractivity contribution is -0.152. The summed E-state index contributed by atoms with van der Waals surface area (Å²) in [5.74, 6) is -0.768. The van der Waals surface area contributed by atoms with Gasteiger partial charge in [-0.1, -0.05) is 20.8 Å². The molecule has 1 aliphatic heterocycles. The van der Waals surface area contributed by atoms with Gasteiger partial charge >= 0.3 is 12.0 Å². The summed E-state index contributed by atoms with van der Waals surface area (Å²) in [6, 6.07) is 0.00692. The van der Waals surface area contributed by atoms with E-state index in [2.05, 4.69) is 13.8 Å². The smallest absolute Gasteiger partial charge is 0.320 e. The average Bonchev–Trinajstić information content (AvgIpc) is 2.46. The maximum absolute atomic E-state index is 12.6. The summed E-state index contributed by atoms with van der Waals surface area (Å²) in [5, 5.41) is 9.48. The van der Waals surface area contributed by atoms with Crippen LogP contribution in [0.5, 0.6) is 0 Å². The van der Waals surface area contributed by atoms with E-state index in [4.69, 9.17) is 0 Å². The number of carbonyl (C=O) groups is 2. The normalized spacial score (nSPS) is 22.6. The molecule has 1 heterocycles. The molecule has 1 N–H and O–H groups in total. The van der Waals surface area contributed by atoms with E-state index in [0.29, 0.717) is 25.9 Å². The molecular weight excluding hydrogens is 256 g/mol. The van der Waals surface area contributed by atoms with Crippen LogP contribution < -0.4 is 0 Å². The highest BCUT2D eigenvalue weighted by Crippen LogP contribution is 2.34. The fourth-order valence-corrected chi connectivity index (χ4v) is 2.95. The molecule has 1 atom stereocenters. The molecule has 5 nitrogen and oxygen atoms in total. The van der Waals surface area contributed by atoms with E-state index in [1.165, 1.54) is 0 Å². The number of carboxylic acids is 1. The summed E-state index contributed by atoms with van der Waals surface area (Å²) < 4.78 is 0. The Labute approximate surface area is 121 Å². The second-order valence-electron chi connectivity index (χ2n) is 5.73. The molecule has 0 aromatic carbocycles. The van der Waals surface area contributed by atoms with Crippen LogP contribution in [-0.4, -0.2) is 53.1 Å². The van der Waals surface area contributed by atoms with Crippen LogP contribution in [0.1, 0.15) is 52.9 Å². The average molecular weight is 284 g/mol. The van der Waals surface area contributed by atoms with Crippen LogP contribution in [0.4, 0.5) is 4.79 Å². The number of urea groups is 1. The first-order valence-electron chi connectivity index (χ1n) is 7.78. The summed E-state index contributed by atoms with van der Waals surface area (Å²) in [4.78, 5) is 27.7. The van der Waals surface area contributed by atoms with Gasteiger partial charge in [0.15, 0.2) is 0 Å². The molecule has 0 bridgehead atoms. The largest absolute Gasteiger partial charge is 0.481 e. The number of aliphatic carboxylic acids is 1. The topological polar surface area (TPSA) is 60.9 Å². The highest BCUT2D eigenvalue weighted by Gasteiger charge is 2.42. The van der Waals surface area contributed by atoms with E-state index in [0.717, 1.165) is 32.4 Å². The Kier molecular flexibility index (Phi) is 6.30. The van der Waals surface area contributed by atoms with Crippen molar-refractivity contribution in [3.05, 3.63) is 0 Å². The number of piperidine rings is 1. The van der Waals surface area contributed by atoms with Crippen molar-refractivity contribution in [1.82, 2.24) is 9.80 Å². The number of hydrogen-bond donors (Lipinski definition) is 1. The van der Waals surface area contributed by atoms with Crippen LogP contribution in [0.25, 0.3) is 0 Å². The number of nitrogens with zero attached hydrogens (tertiary/aromatic N) is 2. The molecule has 0 aromatic heterocycles. The van der Waals surface area contributed by atoms with Crippen LogP contribution in [0, 0.1) is 5.41 Å². The molecule has 0 saturated carbocycles. The Balaban J connectivity index is 2.79. The van der Waals surface area contributed by atoms with Gasteiger partial charge in [0.1, 0.15) is 0 Å². The van der Waals surface area contributed by atoms with Crippen molar-refractivity contribution < 1.29 is 14.7 Å². The number of carboxylic acid groups (broad SMARTS) is 1. The Morgan fingerprint density at radius 1 is 1.20 bits per heavy atom. The van der Waals surface area contributed by atoms with E-state index < -0.39 is 11.4 Å². The predicted octanol–water partition coefficient (Wildman–Crippen LogP) is 2.81. The van der Waals surface area contributed by atoms with Gasteiger partial charge in [0, 0.05) is 26.2 Å². The third-order valence-electron chi connectivity index (χ3n) is 4.24. The lowest BCUT2D eigenvalue weighted by atomic mass is 9.78. The van der Waals surface area contributed by atoms with Crippen molar-refractivity contribution in [2.24, 2.45) is 5.41 Å². The second kappa shape index (κ2) is 7.50. The Hall–Kier alpha value is -1.26. The Bertz CT molecular complexity index is 340. The van der Waals surface area contributed by atoms with Crippen LogP contribution in [0.15, 0.2) is 0 Å². The van der Waals surface area contributed by atoms with Gasteiger partial charge in [0.05, 0.1) is 5.41 Å². The SMILES string of the molecule is CCCN(CCC)C(=O)N1CCCC(CC)(C(=O)O)C1. The van der Waals surface area contributed by atoms with Crippen molar-refractivity contribution in [2.75, 3.05) is 26.2 Å². The van der Waals surface area contributed by atoms with Gasteiger partial charge in [-0.3, -0.25) is 4.79 Å². The molecule has 2 amide bonds. The highest BCUT2D eigenvalue weighted by atomic mass is 16.4. The number of rotatable bonds is 6. The third kappa shape index (κ3) is 3.64. The van der Waals surface area contributed by atoms with Gasteiger partial charge < -0.3 is 14.9 Å². The third-order valence-corrected chi connectivity index (χ3v) is 4.24. The number of carbonyl (C=O) groups excluding carboxylic acids is 1. The second-order valence-corrected chi connectivity index (χ2v) is 5.73. The number of amides is 2. The first kappa shape index (κ1) is 16.8. The van der Waals surface area contributed by atoms with Gasteiger partial charge in [0.2, 0.25) is 0 Å². The maximum atomic E-state index is 12.6. The summed E-state index contributed by atoms with van der Waals surface area (Å²) >= 11 is 0. The molecule has 0 aromatic rings.